The van der Waals surface area contributed by atoms with Crippen molar-refractivity contribution in [1.29, 1.82) is 0 Å². The molecule has 36 heavy (non-hydrogen) atoms. The van der Waals surface area contributed by atoms with Crippen molar-refractivity contribution < 1.29 is 9.90 Å². The number of nitrogens with one attached hydrogen (secondary N) is 1. The smallest absolute Gasteiger partial charge is 0.278 e. The highest BCUT2D eigenvalue weighted by atomic mass is 35.5. The lowest BCUT2D eigenvalue weighted by Crippen LogP contribution is -2.50. The summed E-state index contributed by atoms with van der Waals surface area (Å²) >= 11 is 12.6. The van der Waals surface area contributed by atoms with Crippen molar-refractivity contribution in [3.8, 4) is 0 Å². The summed E-state index contributed by atoms with van der Waals surface area (Å²) in [5, 5.41) is 12.2. The molecule has 0 aliphatic carbocycles. The zero-order valence-electron chi connectivity index (χ0n) is 20.8. The van der Waals surface area contributed by atoms with E-state index in [-0.39, 0.29) is 12.5 Å². The van der Waals surface area contributed by atoms with Crippen LogP contribution in [0.5, 0.6) is 0 Å². The number of para-hydroxylation sites is 1. The maximum Gasteiger partial charge on any atom is 0.278 e. The summed E-state index contributed by atoms with van der Waals surface area (Å²) in [6.07, 6.45) is 1.01. The van der Waals surface area contributed by atoms with Crippen molar-refractivity contribution in [1.82, 2.24) is 14.9 Å². The lowest BCUT2D eigenvalue weighted by atomic mass is 10.2. The summed E-state index contributed by atoms with van der Waals surface area (Å²) in [6.45, 7) is 7.70. The van der Waals surface area contributed by atoms with Crippen molar-refractivity contribution >= 4 is 40.5 Å². The number of carbonyl (C=O) groups is 1. The largest absolute Gasteiger partial charge is 0.390 e. The summed E-state index contributed by atoms with van der Waals surface area (Å²) in [6, 6.07) is 15.1. The highest BCUT2D eigenvalue weighted by Crippen LogP contribution is 2.33. The van der Waals surface area contributed by atoms with Gasteiger partial charge in [-0.05, 0) is 37.6 Å². The molecular formula is C27H33Cl2N5O2. The van der Waals surface area contributed by atoms with E-state index in [1.165, 1.54) is 0 Å². The maximum atomic E-state index is 13.6. The Kier molecular flexibility index (Phi) is 8.90. The van der Waals surface area contributed by atoms with Gasteiger partial charge >= 0.3 is 0 Å². The van der Waals surface area contributed by atoms with E-state index in [2.05, 4.69) is 26.7 Å². The number of β-amino-alcohol motifs (C(OH)–C–C–N with tert-alkyl or cyclic N) is 1. The van der Waals surface area contributed by atoms with Crippen LogP contribution in [0.4, 0.5) is 11.4 Å². The van der Waals surface area contributed by atoms with Gasteiger partial charge in [-0.2, -0.15) is 0 Å². The van der Waals surface area contributed by atoms with Gasteiger partial charge in [0.25, 0.3) is 5.91 Å². The number of aryl methyl sites for hydroxylation is 2. The second kappa shape index (κ2) is 12.1. The first kappa shape index (κ1) is 26.5. The average molecular weight is 531 g/mol. The van der Waals surface area contributed by atoms with Gasteiger partial charge in [0.05, 0.1) is 28.4 Å². The average Bonchev–Trinajstić information content (AvgIpc) is 3.25. The highest BCUT2D eigenvalue weighted by Gasteiger charge is 2.27. The lowest BCUT2D eigenvalue weighted by Gasteiger charge is -2.37. The number of aliphatic hydroxyl groups is 1. The number of amides is 1. The third-order valence-corrected chi connectivity index (χ3v) is 7.25. The molecule has 1 fully saturated rings. The highest BCUT2D eigenvalue weighted by molar-refractivity contribution is 6.43. The molecule has 0 bridgehead atoms. The molecule has 7 nitrogen and oxygen atoms in total. The van der Waals surface area contributed by atoms with Crippen LogP contribution in [0.3, 0.4) is 0 Å². The quantitative estimate of drug-likeness (QED) is 0.416. The van der Waals surface area contributed by atoms with E-state index in [0.29, 0.717) is 22.3 Å². The predicted octanol–water partition coefficient (Wildman–Crippen LogP) is 4.81. The van der Waals surface area contributed by atoms with Gasteiger partial charge in [0.2, 0.25) is 0 Å². The number of imidazole rings is 1. The fourth-order valence-electron chi connectivity index (χ4n) is 4.60. The molecule has 4 rings (SSSR count). The normalized spacial score (nSPS) is 15.2. The molecule has 2 aromatic carbocycles. The third-order valence-electron chi connectivity index (χ3n) is 6.44. The van der Waals surface area contributed by atoms with E-state index >= 15 is 0 Å². The van der Waals surface area contributed by atoms with Gasteiger partial charge in [0.1, 0.15) is 11.5 Å². The topological polar surface area (TPSA) is 75.7 Å². The fourth-order valence-corrected chi connectivity index (χ4v) is 5.02. The fraction of sp³-hybridized carbons (Fsp3) is 0.407. The Morgan fingerprint density at radius 3 is 2.53 bits per heavy atom. The van der Waals surface area contributed by atoms with Crippen LogP contribution in [-0.4, -0.2) is 71.3 Å². The van der Waals surface area contributed by atoms with Crippen LogP contribution in [0.1, 0.15) is 35.4 Å². The minimum atomic E-state index is -0.718. The number of piperazine rings is 1. The lowest BCUT2D eigenvalue weighted by molar-refractivity contribution is 0.0908. The first-order chi connectivity index (χ1) is 17.4. The first-order valence-electron chi connectivity index (χ1n) is 12.4. The van der Waals surface area contributed by atoms with Crippen LogP contribution in [0, 0.1) is 6.92 Å². The van der Waals surface area contributed by atoms with Gasteiger partial charge < -0.3 is 19.9 Å². The minimum Gasteiger partial charge on any atom is -0.390 e. The number of H-pyrrole nitrogens is 1. The zero-order valence-corrected chi connectivity index (χ0v) is 22.3. The number of benzene rings is 2. The minimum absolute atomic E-state index is 0.179. The Bertz CT molecular complexity index is 1160. The summed E-state index contributed by atoms with van der Waals surface area (Å²) < 4.78 is 0. The van der Waals surface area contributed by atoms with Crippen LogP contribution >= 0.6 is 23.2 Å². The third kappa shape index (κ3) is 6.21. The summed E-state index contributed by atoms with van der Waals surface area (Å²) in [5.74, 6) is 0.598. The molecular weight excluding hydrogens is 497 g/mol. The van der Waals surface area contributed by atoms with E-state index in [1.807, 2.05) is 49.4 Å². The molecule has 0 saturated carbocycles. The van der Waals surface area contributed by atoms with Gasteiger partial charge in [-0.3, -0.25) is 9.69 Å². The molecule has 3 aromatic rings. The van der Waals surface area contributed by atoms with Crippen molar-refractivity contribution in [2.24, 2.45) is 0 Å². The van der Waals surface area contributed by atoms with Crippen molar-refractivity contribution in [3.05, 3.63) is 75.8 Å². The van der Waals surface area contributed by atoms with Gasteiger partial charge in [0, 0.05) is 50.5 Å². The molecule has 192 valence electrons. The Labute approximate surface area is 222 Å². The van der Waals surface area contributed by atoms with E-state index in [9.17, 15) is 9.90 Å². The number of aromatic amines is 1. The molecule has 1 aliphatic rings. The Morgan fingerprint density at radius 1 is 1.11 bits per heavy atom. The van der Waals surface area contributed by atoms with Crippen molar-refractivity contribution in [3.63, 3.8) is 0 Å². The SMILES string of the molecule is CCCc1nc(C(=O)N(C[C@@H](O)CN2CCN(c3cccc(Cl)c3Cl)CC2)c2ccccc2)c(C)[nH]1. The van der Waals surface area contributed by atoms with Crippen LogP contribution in [0.25, 0.3) is 0 Å². The van der Waals surface area contributed by atoms with Crippen molar-refractivity contribution in [2.45, 2.75) is 32.8 Å². The predicted molar refractivity (Wildman–Crippen MR) is 147 cm³/mol. The summed E-state index contributed by atoms with van der Waals surface area (Å²) in [4.78, 5) is 27.4. The monoisotopic (exact) mass is 529 g/mol. The molecule has 1 atom stereocenters. The molecule has 1 aliphatic heterocycles. The van der Waals surface area contributed by atoms with Gasteiger partial charge in [-0.25, -0.2) is 4.98 Å². The van der Waals surface area contributed by atoms with Crippen LogP contribution in [0.2, 0.25) is 10.0 Å². The molecule has 0 unspecified atom stereocenters. The molecule has 2 heterocycles. The van der Waals surface area contributed by atoms with Gasteiger partial charge in [-0.1, -0.05) is 54.4 Å². The van der Waals surface area contributed by atoms with Crippen LogP contribution in [0.15, 0.2) is 48.5 Å². The maximum absolute atomic E-state index is 13.6. The van der Waals surface area contributed by atoms with E-state index in [1.54, 1.807) is 11.0 Å². The number of halogens is 2. The number of aliphatic hydroxyl groups excluding tert-OH is 1. The van der Waals surface area contributed by atoms with Gasteiger partial charge in [-0.15, -0.1) is 0 Å². The van der Waals surface area contributed by atoms with Crippen LogP contribution in [-0.2, 0) is 6.42 Å². The second-order valence-electron chi connectivity index (χ2n) is 9.17. The van der Waals surface area contributed by atoms with Crippen molar-refractivity contribution in [2.75, 3.05) is 49.1 Å². The number of aromatic nitrogens is 2. The number of hydrogen-bond acceptors (Lipinski definition) is 5. The number of anilines is 2. The Balaban J connectivity index is 1.41. The molecule has 0 spiro atoms. The van der Waals surface area contributed by atoms with E-state index in [0.717, 1.165) is 61.9 Å². The van der Waals surface area contributed by atoms with Crippen LogP contribution < -0.4 is 9.80 Å². The Morgan fingerprint density at radius 2 is 1.83 bits per heavy atom. The van der Waals surface area contributed by atoms with E-state index < -0.39 is 6.10 Å². The van der Waals surface area contributed by atoms with E-state index in [4.69, 9.17) is 23.2 Å². The zero-order chi connectivity index (χ0) is 25.7. The molecule has 0 radical (unpaired) electrons. The second-order valence-corrected chi connectivity index (χ2v) is 9.96. The first-order valence-corrected chi connectivity index (χ1v) is 13.1. The Hall–Kier alpha value is -2.58. The number of rotatable bonds is 9. The molecule has 9 heteroatoms. The molecule has 2 N–H and O–H groups in total. The number of carbonyl (C=O) groups excluding carboxylic acids is 1. The summed E-state index contributed by atoms with van der Waals surface area (Å²) in [7, 11) is 0. The molecule has 1 aromatic heterocycles. The molecule has 1 saturated heterocycles. The standard InChI is InChI=1S/C27H33Cl2N5O2/c1-3-8-24-30-19(2)26(31-24)27(36)34(20-9-5-4-6-10-20)18-21(35)17-32-13-15-33(16-14-32)23-12-7-11-22(28)25(23)29/h4-7,9-12,21,35H,3,8,13-18H2,1-2H3,(H,30,31)/t21-/m0/s1. The van der Waals surface area contributed by atoms with Gasteiger partial charge in [0.15, 0.2) is 0 Å². The number of nitrogens with zero attached hydrogens (tertiary/aromatic N) is 4. The summed E-state index contributed by atoms with van der Waals surface area (Å²) in [5.41, 5.74) is 2.82. The number of hydrogen-bond donors (Lipinski definition) is 2. The molecule has 1 amide bonds.